The van der Waals surface area contributed by atoms with E-state index in [1.54, 1.807) is 5.57 Å². The fourth-order valence-electron chi connectivity index (χ4n) is 0.791. The van der Waals surface area contributed by atoms with Crippen molar-refractivity contribution in [1.29, 1.82) is 0 Å². The fourth-order valence-corrected chi connectivity index (χ4v) is 1.50. The van der Waals surface area contributed by atoms with Crippen molar-refractivity contribution in [2.75, 3.05) is 0 Å². The molecule has 2 rings (SSSR count). The summed E-state index contributed by atoms with van der Waals surface area (Å²) < 4.78 is 0. The third-order valence-corrected chi connectivity index (χ3v) is 2.25. The van der Waals surface area contributed by atoms with Crippen LogP contribution in [0.5, 0.6) is 0 Å². The monoisotopic (exact) mass is 136 g/mol. The van der Waals surface area contributed by atoms with Crippen LogP contribution in [0.4, 0.5) is 0 Å². The Morgan fingerprint density at radius 1 is 1.44 bits per heavy atom. The highest BCUT2D eigenvalue weighted by molar-refractivity contribution is 7.10. The lowest BCUT2D eigenvalue weighted by Crippen LogP contribution is -1.51. The van der Waals surface area contributed by atoms with Gasteiger partial charge in [0.1, 0.15) is 0 Å². The van der Waals surface area contributed by atoms with E-state index < -0.39 is 0 Å². The number of hydrogen-bond acceptors (Lipinski definition) is 1. The van der Waals surface area contributed by atoms with E-state index in [4.69, 9.17) is 0 Å². The molecule has 1 aromatic heterocycles. The summed E-state index contributed by atoms with van der Waals surface area (Å²) >= 11 is 1.81. The van der Waals surface area contributed by atoms with Gasteiger partial charge < -0.3 is 0 Å². The standard InChI is InChI=1S/C8H8S/c1-2-8(9-5-1)6-7-3-4-7/h1-2,5-6H,3-4H2. The molecule has 0 aliphatic heterocycles. The molecule has 46 valence electrons. The van der Waals surface area contributed by atoms with E-state index in [2.05, 4.69) is 23.6 Å². The van der Waals surface area contributed by atoms with Crippen molar-refractivity contribution in [2.45, 2.75) is 12.8 Å². The minimum atomic E-state index is 1.33. The van der Waals surface area contributed by atoms with Gasteiger partial charge in [-0.2, -0.15) is 0 Å². The highest BCUT2D eigenvalue weighted by Crippen LogP contribution is 2.30. The molecular weight excluding hydrogens is 128 g/mol. The lowest BCUT2D eigenvalue weighted by molar-refractivity contribution is 1.50. The first-order valence-corrected chi connectivity index (χ1v) is 4.06. The molecule has 0 atom stereocenters. The summed E-state index contributed by atoms with van der Waals surface area (Å²) in [4.78, 5) is 1.41. The Morgan fingerprint density at radius 2 is 2.33 bits per heavy atom. The predicted molar refractivity (Wildman–Crippen MR) is 41.5 cm³/mol. The van der Waals surface area contributed by atoms with Crippen molar-refractivity contribution in [1.82, 2.24) is 0 Å². The molecular formula is C8H8S. The summed E-state index contributed by atoms with van der Waals surface area (Å²) in [5.41, 5.74) is 1.61. The normalized spacial score (nSPS) is 15.8. The van der Waals surface area contributed by atoms with Gasteiger partial charge >= 0.3 is 0 Å². The number of thiophene rings is 1. The Hall–Kier alpha value is -0.560. The summed E-state index contributed by atoms with van der Waals surface area (Å²) in [7, 11) is 0. The van der Waals surface area contributed by atoms with Gasteiger partial charge in [0.15, 0.2) is 0 Å². The SMILES string of the molecule is C(=C1CC1)c1cccs1. The summed E-state index contributed by atoms with van der Waals surface area (Å²) in [5.74, 6) is 0. The zero-order valence-electron chi connectivity index (χ0n) is 5.13. The highest BCUT2D eigenvalue weighted by atomic mass is 32.1. The number of allylic oxidation sites excluding steroid dienone is 1. The van der Waals surface area contributed by atoms with Gasteiger partial charge in [0.05, 0.1) is 0 Å². The van der Waals surface area contributed by atoms with Gasteiger partial charge in [-0.15, -0.1) is 11.3 Å². The molecule has 0 unspecified atom stereocenters. The van der Waals surface area contributed by atoms with Crippen LogP contribution in [-0.4, -0.2) is 0 Å². The fraction of sp³-hybridized carbons (Fsp3) is 0.250. The second kappa shape index (κ2) is 1.99. The first-order chi connectivity index (χ1) is 4.45. The predicted octanol–water partition coefficient (Wildman–Crippen LogP) is 2.93. The van der Waals surface area contributed by atoms with Crippen LogP contribution in [0, 0.1) is 0 Å². The maximum atomic E-state index is 2.30. The third-order valence-electron chi connectivity index (χ3n) is 1.43. The van der Waals surface area contributed by atoms with Gasteiger partial charge in [0, 0.05) is 4.88 Å². The molecule has 1 fully saturated rings. The van der Waals surface area contributed by atoms with Crippen molar-refractivity contribution in [3.8, 4) is 0 Å². The van der Waals surface area contributed by atoms with Gasteiger partial charge in [-0.3, -0.25) is 0 Å². The first-order valence-electron chi connectivity index (χ1n) is 3.18. The smallest absolute Gasteiger partial charge is 0.0269 e. The minimum Gasteiger partial charge on any atom is -0.144 e. The van der Waals surface area contributed by atoms with Crippen LogP contribution in [0.25, 0.3) is 6.08 Å². The van der Waals surface area contributed by atoms with E-state index in [0.29, 0.717) is 0 Å². The molecule has 0 radical (unpaired) electrons. The maximum absolute atomic E-state index is 2.30. The molecule has 1 heteroatoms. The molecule has 1 saturated carbocycles. The molecule has 0 aromatic carbocycles. The van der Waals surface area contributed by atoms with Crippen LogP contribution >= 0.6 is 11.3 Å². The quantitative estimate of drug-likeness (QED) is 0.557. The zero-order valence-corrected chi connectivity index (χ0v) is 5.95. The van der Waals surface area contributed by atoms with Crippen LogP contribution < -0.4 is 0 Å². The van der Waals surface area contributed by atoms with E-state index in [-0.39, 0.29) is 0 Å². The Bertz CT molecular complexity index is 213. The van der Waals surface area contributed by atoms with Crippen molar-refractivity contribution < 1.29 is 0 Å². The third kappa shape index (κ3) is 1.22. The molecule has 1 aliphatic carbocycles. The molecule has 0 spiro atoms. The molecule has 1 aliphatic rings. The second-order valence-electron chi connectivity index (χ2n) is 2.32. The Kier molecular flexibility index (Phi) is 1.16. The van der Waals surface area contributed by atoms with E-state index in [0.717, 1.165) is 0 Å². The molecule has 0 saturated heterocycles. The topological polar surface area (TPSA) is 0 Å². The van der Waals surface area contributed by atoms with E-state index in [1.165, 1.54) is 17.7 Å². The summed E-state index contributed by atoms with van der Waals surface area (Å²) in [5, 5.41) is 2.12. The van der Waals surface area contributed by atoms with Gasteiger partial charge in [-0.25, -0.2) is 0 Å². The van der Waals surface area contributed by atoms with Crippen LogP contribution in [0.2, 0.25) is 0 Å². The van der Waals surface area contributed by atoms with Crippen molar-refractivity contribution in [2.24, 2.45) is 0 Å². The van der Waals surface area contributed by atoms with Gasteiger partial charge in [0.25, 0.3) is 0 Å². The average Bonchev–Trinajstić information content (AvgIpc) is 2.46. The molecule has 9 heavy (non-hydrogen) atoms. The van der Waals surface area contributed by atoms with E-state index in [9.17, 15) is 0 Å². The summed E-state index contributed by atoms with van der Waals surface area (Å²) in [6.45, 7) is 0. The molecule has 1 heterocycles. The molecule has 0 bridgehead atoms. The Labute approximate surface area is 58.8 Å². The minimum absolute atomic E-state index is 1.33. The second-order valence-corrected chi connectivity index (χ2v) is 3.30. The maximum Gasteiger partial charge on any atom is 0.0269 e. The van der Waals surface area contributed by atoms with Crippen molar-refractivity contribution in [3.63, 3.8) is 0 Å². The molecule has 0 amide bonds. The molecule has 1 aromatic rings. The van der Waals surface area contributed by atoms with Crippen LogP contribution in [0.1, 0.15) is 17.7 Å². The average molecular weight is 136 g/mol. The van der Waals surface area contributed by atoms with Crippen LogP contribution in [0.15, 0.2) is 23.1 Å². The van der Waals surface area contributed by atoms with Gasteiger partial charge in [-0.1, -0.05) is 11.6 Å². The van der Waals surface area contributed by atoms with E-state index >= 15 is 0 Å². The van der Waals surface area contributed by atoms with Crippen molar-refractivity contribution >= 4 is 17.4 Å². The molecule has 0 nitrogen and oxygen atoms in total. The van der Waals surface area contributed by atoms with Crippen LogP contribution in [-0.2, 0) is 0 Å². The van der Waals surface area contributed by atoms with Gasteiger partial charge in [0.2, 0.25) is 0 Å². The lowest BCUT2D eigenvalue weighted by atomic mass is 10.4. The lowest BCUT2D eigenvalue weighted by Gasteiger charge is -1.76. The van der Waals surface area contributed by atoms with Crippen LogP contribution in [0.3, 0.4) is 0 Å². The Morgan fingerprint density at radius 3 is 2.89 bits per heavy atom. The first kappa shape index (κ1) is 5.24. The number of rotatable bonds is 1. The van der Waals surface area contributed by atoms with E-state index in [1.807, 2.05) is 11.3 Å². The summed E-state index contributed by atoms with van der Waals surface area (Å²) in [6, 6.07) is 4.26. The highest BCUT2D eigenvalue weighted by Gasteiger charge is 2.09. The number of hydrogen-bond donors (Lipinski definition) is 0. The summed E-state index contributed by atoms with van der Waals surface area (Å²) in [6.07, 6.45) is 4.96. The largest absolute Gasteiger partial charge is 0.144 e. The van der Waals surface area contributed by atoms with Crippen molar-refractivity contribution in [3.05, 3.63) is 28.0 Å². The zero-order chi connectivity index (χ0) is 6.10. The molecule has 0 N–H and O–H groups in total. The Balaban J connectivity index is 2.25. The van der Waals surface area contributed by atoms with Gasteiger partial charge in [-0.05, 0) is 30.4 Å².